The van der Waals surface area contributed by atoms with Crippen LogP contribution in [0.2, 0.25) is 0 Å². The number of unbranched alkanes of at least 4 members (excludes halogenated alkanes) is 4. The molecule has 0 aliphatic carbocycles. The third kappa shape index (κ3) is 7.80. The Balaban J connectivity index is 3.60. The number of rotatable bonds is 10. The Hall–Kier alpha value is -0.0800. The van der Waals surface area contributed by atoms with E-state index in [1.807, 2.05) is 0 Å². The Bertz CT molecular complexity index is 126. The van der Waals surface area contributed by atoms with Gasteiger partial charge in [-0.2, -0.15) is 0 Å². The first-order valence-electron chi connectivity index (χ1n) is 6.66. The van der Waals surface area contributed by atoms with Crippen LogP contribution in [0.1, 0.15) is 58.8 Å². The lowest BCUT2D eigenvalue weighted by Crippen LogP contribution is -2.38. The van der Waals surface area contributed by atoms with Crippen molar-refractivity contribution in [1.82, 2.24) is 4.90 Å². The Labute approximate surface area is 96.2 Å². The number of hydrogen-bond acceptors (Lipinski definition) is 2. The van der Waals surface area contributed by atoms with Gasteiger partial charge in [-0.3, -0.25) is 0 Å². The second-order valence-corrected chi connectivity index (χ2v) is 4.57. The predicted molar refractivity (Wildman–Crippen MR) is 69.1 cm³/mol. The molecule has 2 heteroatoms. The van der Waals surface area contributed by atoms with Crippen LogP contribution in [0.4, 0.5) is 0 Å². The average Bonchev–Trinajstić information content (AvgIpc) is 2.26. The highest BCUT2D eigenvalue weighted by Crippen LogP contribution is 2.09. The highest BCUT2D eigenvalue weighted by atomic mass is 15.1. The molecule has 0 aliphatic heterocycles. The quantitative estimate of drug-likeness (QED) is 0.566. The molecule has 1 atom stereocenters. The van der Waals surface area contributed by atoms with Crippen molar-refractivity contribution in [2.24, 2.45) is 5.73 Å². The van der Waals surface area contributed by atoms with Gasteiger partial charge in [0.15, 0.2) is 0 Å². The van der Waals surface area contributed by atoms with Crippen LogP contribution in [0, 0.1) is 0 Å². The monoisotopic (exact) mass is 214 g/mol. The molecular weight excluding hydrogens is 184 g/mol. The van der Waals surface area contributed by atoms with Gasteiger partial charge in [0.2, 0.25) is 0 Å². The van der Waals surface area contributed by atoms with Crippen LogP contribution in [0.15, 0.2) is 0 Å². The Morgan fingerprint density at radius 1 is 1.00 bits per heavy atom. The van der Waals surface area contributed by atoms with Gasteiger partial charge >= 0.3 is 0 Å². The molecule has 0 radical (unpaired) electrons. The molecule has 92 valence electrons. The van der Waals surface area contributed by atoms with Crippen molar-refractivity contribution in [3.05, 3.63) is 0 Å². The fraction of sp³-hybridized carbons (Fsp3) is 1.00. The van der Waals surface area contributed by atoms with Gasteiger partial charge < -0.3 is 10.6 Å². The van der Waals surface area contributed by atoms with Crippen molar-refractivity contribution in [1.29, 1.82) is 0 Å². The fourth-order valence-corrected chi connectivity index (χ4v) is 1.92. The van der Waals surface area contributed by atoms with E-state index in [4.69, 9.17) is 5.73 Å². The third-order valence-corrected chi connectivity index (χ3v) is 3.15. The van der Waals surface area contributed by atoms with Gasteiger partial charge in [0.05, 0.1) is 0 Å². The number of hydrogen-bond donors (Lipinski definition) is 1. The van der Waals surface area contributed by atoms with Gasteiger partial charge in [-0.15, -0.1) is 0 Å². The summed E-state index contributed by atoms with van der Waals surface area (Å²) in [6.45, 7) is 6.51. The van der Waals surface area contributed by atoms with E-state index in [2.05, 4.69) is 25.8 Å². The molecule has 0 saturated heterocycles. The lowest BCUT2D eigenvalue weighted by Gasteiger charge is -2.26. The van der Waals surface area contributed by atoms with Crippen LogP contribution in [-0.2, 0) is 0 Å². The summed E-state index contributed by atoms with van der Waals surface area (Å²) in [5.74, 6) is 0. The molecule has 2 N–H and O–H groups in total. The molecule has 15 heavy (non-hydrogen) atoms. The zero-order valence-corrected chi connectivity index (χ0v) is 11.0. The molecule has 0 fully saturated rings. The molecule has 2 nitrogen and oxygen atoms in total. The van der Waals surface area contributed by atoms with Crippen molar-refractivity contribution in [2.45, 2.75) is 64.8 Å². The average molecular weight is 214 g/mol. The summed E-state index contributed by atoms with van der Waals surface area (Å²) in [7, 11) is 2.22. The number of nitrogens with zero attached hydrogens (tertiary/aromatic N) is 1. The van der Waals surface area contributed by atoms with Crippen LogP contribution in [-0.4, -0.2) is 31.1 Å². The Morgan fingerprint density at radius 2 is 1.67 bits per heavy atom. The SMILES string of the molecule is CCCCCCC(CN)N(C)CCCC. The number of nitrogens with two attached hydrogens (primary N) is 1. The van der Waals surface area contributed by atoms with Crippen LogP contribution in [0.3, 0.4) is 0 Å². The maximum atomic E-state index is 5.82. The summed E-state index contributed by atoms with van der Waals surface area (Å²) in [6, 6.07) is 0.605. The minimum absolute atomic E-state index is 0.605. The van der Waals surface area contributed by atoms with Gasteiger partial charge in [-0.1, -0.05) is 46.0 Å². The van der Waals surface area contributed by atoms with E-state index < -0.39 is 0 Å². The molecule has 1 unspecified atom stereocenters. The largest absolute Gasteiger partial charge is 0.329 e. The van der Waals surface area contributed by atoms with Crippen molar-refractivity contribution >= 4 is 0 Å². The molecule has 0 spiro atoms. The van der Waals surface area contributed by atoms with Crippen molar-refractivity contribution in [2.75, 3.05) is 20.1 Å². The maximum Gasteiger partial charge on any atom is 0.0215 e. The Kier molecular flexibility index (Phi) is 10.4. The van der Waals surface area contributed by atoms with E-state index in [-0.39, 0.29) is 0 Å². The van der Waals surface area contributed by atoms with Crippen LogP contribution >= 0.6 is 0 Å². The highest BCUT2D eigenvalue weighted by molar-refractivity contribution is 4.69. The molecule has 0 aromatic rings. The van der Waals surface area contributed by atoms with Crippen LogP contribution < -0.4 is 5.73 Å². The molecule has 0 amide bonds. The lowest BCUT2D eigenvalue weighted by molar-refractivity contribution is 0.227. The molecule has 0 rings (SSSR count). The fourth-order valence-electron chi connectivity index (χ4n) is 1.92. The molecule has 0 aromatic carbocycles. The molecular formula is C13H30N2. The highest BCUT2D eigenvalue weighted by Gasteiger charge is 2.11. The topological polar surface area (TPSA) is 29.3 Å². The van der Waals surface area contributed by atoms with Crippen molar-refractivity contribution < 1.29 is 0 Å². The van der Waals surface area contributed by atoms with E-state index in [1.54, 1.807) is 0 Å². The lowest BCUT2D eigenvalue weighted by atomic mass is 10.1. The zero-order valence-electron chi connectivity index (χ0n) is 11.0. The minimum atomic E-state index is 0.605. The van der Waals surface area contributed by atoms with E-state index in [0.29, 0.717) is 6.04 Å². The minimum Gasteiger partial charge on any atom is -0.329 e. The van der Waals surface area contributed by atoms with E-state index in [9.17, 15) is 0 Å². The summed E-state index contributed by atoms with van der Waals surface area (Å²) >= 11 is 0. The summed E-state index contributed by atoms with van der Waals surface area (Å²) in [4.78, 5) is 2.44. The molecule has 0 saturated carbocycles. The molecule has 0 bridgehead atoms. The third-order valence-electron chi connectivity index (χ3n) is 3.15. The second-order valence-electron chi connectivity index (χ2n) is 4.57. The van der Waals surface area contributed by atoms with Crippen molar-refractivity contribution in [3.63, 3.8) is 0 Å². The molecule has 0 aliphatic rings. The van der Waals surface area contributed by atoms with Gasteiger partial charge in [0.1, 0.15) is 0 Å². The first-order valence-corrected chi connectivity index (χ1v) is 6.66. The van der Waals surface area contributed by atoms with Gasteiger partial charge in [0, 0.05) is 12.6 Å². The normalized spacial score (nSPS) is 13.4. The summed E-state index contributed by atoms with van der Waals surface area (Å²) in [5, 5.41) is 0. The summed E-state index contributed by atoms with van der Waals surface area (Å²) in [6.07, 6.45) is 9.24. The second kappa shape index (κ2) is 10.4. The zero-order chi connectivity index (χ0) is 11.5. The predicted octanol–water partition coefficient (Wildman–Crippen LogP) is 3.02. The molecule has 0 heterocycles. The summed E-state index contributed by atoms with van der Waals surface area (Å²) < 4.78 is 0. The number of likely N-dealkylation sites (N-methyl/N-ethyl adjacent to an activating group) is 1. The summed E-state index contributed by atoms with van der Waals surface area (Å²) in [5.41, 5.74) is 5.82. The van der Waals surface area contributed by atoms with E-state index >= 15 is 0 Å². The standard InChI is InChI=1S/C13H30N2/c1-4-6-8-9-10-13(12-14)15(3)11-7-5-2/h13H,4-12,14H2,1-3H3. The smallest absolute Gasteiger partial charge is 0.0215 e. The van der Waals surface area contributed by atoms with Crippen LogP contribution in [0.5, 0.6) is 0 Å². The Morgan fingerprint density at radius 3 is 2.20 bits per heavy atom. The first-order chi connectivity index (χ1) is 7.26. The van der Waals surface area contributed by atoms with Gasteiger partial charge in [0.25, 0.3) is 0 Å². The maximum absolute atomic E-state index is 5.82. The van der Waals surface area contributed by atoms with Gasteiger partial charge in [-0.25, -0.2) is 0 Å². The first kappa shape index (κ1) is 14.9. The van der Waals surface area contributed by atoms with E-state index in [1.165, 1.54) is 51.5 Å². The van der Waals surface area contributed by atoms with Gasteiger partial charge in [-0.05, 0) is 26.4 Å². The van der Waals surface area contributed by atoms with E-state index in [0.717, 1.165) is 6.54 Å². The van der Waals surface area contributed by atoms with Crippen molar-refractivity contribution in [3.8, 4) is 0 Å². The molecule has 0 aromatic heterocycles. The van der Waals surface area contributed by atoms with Crippen LogP contribution in [0.25, 0.3) is 0 Å².